The Morgan fingerprint density at radius 3 is 2.50 bits per heavy atom. The highest BCUT2D eigenvalue weighted by molar-refractivity contribution is 7.89. The number of carbonyl (C=O) groups is 1. The van der Waals surface area contributed by atoms with Crippen molar-refractivity contribution < 1.29 is 13.2 Å². The molecule has 1 saturated carbocycles. The molecule has 2 N–H and O–H groups in total. The molecule has 0 atom stereocenters. The van der Waals surface area contributed by atoms with Gasteiger partial charge in [-0.25, -0.2) is 13.1 Å². The van der Waals surface area contributed by atoms with Gasteiger partial charge in [0.05, 0.1) is 4.90 Å². The van der Waals surface area contributed by atoms with Gasteiger partial charge in [0, 0.05) is 12.6 Å². The average Bonchev–Trinajstić information content (AvgIpc) is 3.10. The number of carbonyl (C=O) groups excluding carboxylic acids is 1. The first kappa shape index (κ1) is 18.7. The molecule has 0 unspecified atom stereocenters. The van der Waals surface area contributed by atoms with Crippen molar-refractivity contribution in [2.24, 2.45) is 5.92 Å². The summed E-state index contributed by atoms with van der Waals surface area (Å²) < 4.78 is 25.5. The van der Waals surface area contributed by atoms with E-state index in [1.807, 2.05) is 0 Å². The molecule has 5 nitrogen and oxygen atoms in total. The zero-order valence-corrected chi connectivity index (χ0v) is 14.9. The predicted octanol–water partition coefficient (Wildman–Crippen LogP) is 2.69. The van der Waals surface area contributed by atoms with Crippen LogP contribution in [0, 0.1) is 5.92 Å². The molecule has 0 aliphatic heterocycles. The number of hydrogen-bond donors (Lipinski definition) is 2. The first-order chi connectivity index (χ1) is 11.5. The van der Waals surface area contributed by atoms with Crippen molar-refractivity contribution in [3.63, 3.8) is 0 Å². The van der Waals surface area contributed by atoms with Crippen LogP contribution in [0.1, 0.15) is 44.1 Å². The Kier molecular flexibility index (Phi) is 6.99. The van der Waals surface area contributed by atoms with E-state index in [-0.39, 0.29) is 10.8 Å². The molecule has 0 heterocycles. The lowest BCUT2D eigenvalue weighted by atomic mass is 10.0. The highest BCUT2D eigenvalue weighted by atomic mass is 32.2. The summed E-state index contributed by atoms with van der Waals surface area (Å²) in [6, 6.07) is 6.39. The SMILES string of the molecule is CNS(=O)(=O)c1ccc(/C=C/C(=O)NCCCC2CCCC2)cc1. The van der Waals surface area contributed by atoms with E-state index in [0.717, 1.165) is 17.9 Å². The van der Waals surface area contributed by atoms with Crippen LogP contribution in [0.15, 0.2) is 35.2 Å². The van der Waals surface area contributed by atoms with Crippen LogP contribution in [0.4, 0.5) is 0 Å². The third kappa shape index (κ3) is 5.76. The van der Waals surface area contributed by atoms with Crippen molar-refractivity contribution in [2.45, 2.75) is 43.4 Å². The lowest BCUT2D eigenvalue weighted by Crippen LogP contribution is -2.22. The molecule has 2 rings (SSSR count). The molecule has 132 valence electrons. The van der Waals surface area contributed by atoms with Gasteiger partial charge in [0.25, 0.3) is 0 Å². The zero-order valence-electron chi connectivity index (χ0n) is 14.1. The summed E-state index contributed by atoms with van der Waals surface area (Å²) in [4.78, 5) is 12.0. The number of hydrogen-bond acceptors (Lipinski definition) is 3. The minimum absolute atomic E-state index is 0.117. The summed E-state index contributed by atoms with van der Waals surface area (Å²) in [5.74, 6) is 0.734. The van der Waals surface area contributed by atoms with Gasteiger partial charge in [-0.15, -0.1) is 0 Å². The lowest BCUT2D eigenvalue weighted by Gasteiger charge is -2.08. The van der Waals surface area contributed by atoms with E-state index in [1.165, 1.54) is 57.4 Å². The highest BCUT2D eigenvalue weighted by Gasteiger charge is 2.14. The van der Waals surface area contributed by atoms with Crippen LogP contribution in [-0.2, 0) is 14.8 Å². The summed E-state index contributed by atoms with van der Waals surface area (Å²) in [7, 11) is -2.05. The quantitative estimate of drug-likeness (QED) is 0.559. The van der Waals surface area contributed by atoms with E-state index >= 15 is 0 Å². The van der Waals surface area contributed by atoms with Crippen molar-refractivity contribution in [3.05, 3.63) is 35.9 Å². The Labute approximate surface area is 144 Å². The Bertz CT molecular complexity index is 660. The molecule has 24 heavy (non-hydrogen) atoms. The largest absolute Gasteiger partial charge is 0.353 e. The fourth-order valence-electron chi connectivity index (χ4n) is 3.01. The predicted molar refractivity (Wildman–Crippen MR) is 95.9 cm³/mol. The standard InChI is InChI=1S/C18H26N2O3S/c1-19-24(22,23)17-11-8-16(9-12-17)10-13-18(21)20-14-4-7-15-5-2-3-6-15/h8-13,15,19H,2-7,14H2,1H3,(H,20,21)/b13-10+. The van der Waals surface area contributed by atoms with Crippen LogP contribution in [-0.4, -0.2) is 27.9 Å². The summed E-state index contributed by atoms with van der Waals surface area (Å²) >= 11 is 0. The van der Waals surface area contributed by atoms with Gasteiger partial charge in [-0.2, -0.15) is 0 Å². The maximum Gasteiger partial charge on any atom is 0.243 e. The van der Waals surface area contributed by atoms with Crippen LogP contribution in [0.5, 0.6) is 0 Å². The van der Waals surface area contributed by atoms with Crippen molar-refractivity contribution in [1.82, 2.24) is 10.0 Å². The second-order valence-corrected chi connectivity index (χ2v) is 8.08. The third-order valence-corrected chi connectivity index (χ3v) is 5.88. The Morgan fingerprint density at radius 2 is 1.88 bits per heavy atom. The fraction of sp³-hybridized carbons (Fsp3) is 0.500. The van der Waals surface area contributed by atoms with E-state index in [0.29, 0.717) is 6.54 Å². The molecule has 0 radical (unpaired) electrons. The number of sulfonamides is 1. The van der Waals surface area contributed by atoms with Crippen molar-refractivity contribution >= 4 is 22.0 Å². The van der Waals surface area contributed by atoms with E-state index in [1.54, 1.807) is 18.2 Å². The van der Waals surface area contributed by atoms with Crippen LogP contribution in [0.2, 0.25) is 0 Å². The highest BCUT2D eigenvalue weighted by Crippen LogP contribution is 2.28. The maximum absolute atomic E-state index is 11.8. The van der Waals surface area contributed by atoms with Crippen molar-refractivity contribution in [3.8, 4) is 0 Å². The van der Waals surface area contributed by atoms with E-state index in [4.69, 9.17) is 0 Å². The van der Waals surface area contributed by atoms with Gasteiger partial charge in [0.15, 0.2) is 0 Å². The molecule has 1 aromatic carbocycles. The first-order valence-electron chi connectivity index (χ1n) is 8.51. The monoisotopic (exact) mass is 350 g/mol. The summed E-state index contributed by atoms with van der Waals surface area (Å²) in [6.45, 7) is 0.707. The number of amides is 1. The topological polar surface area (TPSA) is 75.3 Å². The molecule has 0 saturated heterocycles. The Balaban J connectivity index is 1.74. The van der Waals surface area contributed by atoms with E-state index in [2.05, 4.69) is 10.0 Å². The van der Waals surface area contributed by atoms with Gasteiger partial charge in [0.2, 0.25) is 15.9 Å². The smallest absolute Gasteiger partial charge is 0.243 e. The van der Waals surface area contributed by atoms with Crippen molar-refractivity contribution in [2.75, 3.05) is 13.6 Å². The lowest BCUT2D eigenvalue weighted by molar-refractivity contribution is -0.116. The molecule has 1 aliphatic rings. The van der Waals surface area contributed by atoms with Gasteiger partial charge in [-0.3, -0.25) is 4.79 Å². The summed E-state index contributed by atoms with van der Waals surface area (Å²) in [5.41, 5.74) is 0.783. The molecular weight excluding hydrogens is 324 g/mol. The van der Waals surface area contributed by atoms with Crippen molar-refractivity contribution in [1.29, 1.82) is 0 Å². The van der Waals surface area contributed by atoms with E-state index in [9.17, 15) is 13.2 Å². The van der Waals surface area contributed by atoms with Gasteiger partial charge in [-0.05, 0) is 49.6 Å². The van der Waals surface area contributed by atoms with Gasteiger partial charge in [-0.1, -0.05) is 37.8 Å². The minimum atomic E-state index is -3.42. The van der Waals surface area contributed by atoms with Gasteiger partial charge < -0.3 is 5.32 Å². The van der Waals surface area contributed by atoms with Crippen LogP contribution in [0.3, 0.4) is 0 Å². The first-order valence-corrected chi connectivity index (χ1v) is 9.99. The normalized spacial score (nSPS) is 15.9. The maximum atomic E-state index is 11.8. The average molecular weight is 350 g/mol. The number of nitrogens with one attached hydrogen (secondary N) is 2. The Morgan fingerprint density at radius 1 is 1.21 bits per heavy atom. The van der Waals surface area contributed by atoms with E-state index < -0.39 is 10.0 Å². The molecule has 0 bridgehead atoms. The molecule has 1 aromatic rings. The number of benzene rings is 1. The van der Waals surface area contributed by atoms with Crippen LogP contribution >= 0.6 is 0 Å². The zero-order chi connectivity index (χ0) is 17.4. The second-order valence-electron chi connectivity index (χ2n) is 6.19. The van der Waals surface area contributed by atoms with Gasteiger partial charge in [0.1, 0.15) is 0 Å². The summed E-state index contributed by atoms with van der Waals surface area (Å²) in [6.07, 6.45) is 10.8. The molecular formula is C18H26N2O3S. The third-order valence-electron chi connectivity index (χ3n) is 4.45. The molecule has 0 spiro atoms. The summed E-state index contributed by atoms with van der Waals surface area (Å²) in [5, 5.41) is 2.89. The van der Waals surface area contributed by atoms with Crippen LogP contribution < -0.4 is 10.0 Å². The van der Waals surface area contributed by atoms with Gasteiger partial charge >= 0.3 is 0 Å². The van der Waals surface area contributed by atoms with Crippen LogP contribution in [0.25, 0.3) is 6.08 Å². The molecule has 1 aliphatic carbocycles. The Hall–Kier alpha value is -1.66. The fourth-order valence-corrected chi connectivity index (χ4v) is 3.74. The molecule has 1 fully saturated rings. The molecule has 6 heteroatoms. The molecule has 0 aromatic heterocycles. The number of rotatable bonds is 8. The second kappa shape index (κ2) is 8.99. The molecule has 1 amide bonds. The minimum Gasteiger partial charge on any atom is -0.353 e.